The molecule has 5 rings (SSSR count). The molecule has 1 saturated heterocycles. The van der Waals surface area contributed by atoms with E-state index < -0.39 is 17.9 Å². The van der Waals surface area contributed by atoms with Gasteiger partial charge in [-0.25, -0.2) is 4.98 Å². The predicted molar refractivity (Wildman–Crippen MR) is 118 cm³/mol. The molecule has 34 heavy (non-hydrogen) atoms. The molecule has 3 aromatic rings. The molecule has 2 aromatic heterocycles. The van der Waals surface area contributed by atoms with Crippen molar-refractivity contribution in [1.82, 2.24) is 14.9 Å². The Kier molecular flexibility index (Phi) is 5.62. The van der Waals surface area contributed by atoms with Crippen LogP contribution in [0.15, 0.2) is 30.5 Å². The summed E-state index contributed by atoms with van der Waals surface area (Å²) in [5, 5.41) is 0.925. The second kappa shape index (κ2) is 8.37. The lowest BCUT2D eigenvalue weighted by Crippen LogP contribution is -2.49. The highest BCUT2D eigenvalue weighted by Gasteiger charge is 2.37. The first-order chi connectivity index (χ1) is 16.1. The van der Waals surface area contributed by atoms with Crippen molar-refractivity contribution in [1.29, 1.82) is 0 Å². The lowest BCUT2D eigenvalue weighted by molar-refractivity contribution is -0.141. The summed E-state index contributed by atoms with van der Waals surface area (Å²) in [5.74, 6) is 0.00361. The molecule has 0 bridgehead atoms. The number of rotatable bonds is 2. The third-order valence-electron chi connectivity index (χ3n) is 6.19. The van der Waals surface area contributed by atoms with Gasteiger partial charge in [-0.1, -0.05) is 17.7 Å². The average Bonchev–Trinajstić information content (AvgIpc) is 3.29. The van der Waals surface area contributed by atoms with Crippen LogP contribution in [0.1, 0.15) is 45.7 Å². The molecule has 2 atom stereocenters. The fourth-order valence-electron chi connectivity index (χ4n) is 4.48. The highest BCUT2D eigenvalue weighted by Crippen LogP contribution is 2.36. The van der Waals surface area contributed by atoms with E-state index in [2.05, 4.69) is 9.97 Å². The number of hydrogen-bond acceptors (Lipinski definition) is 6. The molecule has 0 saturated carbocycles. The number of carbonyl (C=O) groups is 1. The van der Waals surface area contributed by atoms with E-state index in [9.17, 15) is 18.0 Å². The summed E-state index contributed by atoms with van der Waals surface area (Å²) >= 11 is 6.50. The van der Waals surface area contributed by atoms with Crippen molar-refractivity contribution in [2.45, 2.75) is 38.4 Å². The molecule has 0 radical (unpaired) electrons. The molecule has 7 nitrogen and oxygen atoms in total. The second-order valence-corrected chi connectivity index (χ2v) is 8.79. The van der Waals surface area contributed by atoms with Crippen LogP contribution < -0.4 is 5.73 Å². The minimum Gasteiger partial charge on any atom is -0.383 e. The Morgan fingerprint density at radius 3 is 2.65 bits per heavy atom. The van der Waals surface area contributed by atoms with Crippen molar-refractivity contribution in [3.8, 4) is 0 Å². The molecule has 0 unspecified atom stereocenters. The molecule has 4 heterocycles. The number of fused-ring (bicyclic) bond motifs is 3. The smallest absolute Gasteiger partial charge is 0.383 e. The standard InChI is InChI=1S/C23H20ClF3N4O3/c1-11-7-33-10-19(12-2-3-20(29-6-12)23(25,26)27)31(11)22(32)14-4-13-15-8-34-9-16(15)21(28)30-18(13)5-17(14)24/h2-6,11,19H,7-10H2,1H3,(H2,28,30)/t11-,19-/m0/s1. The van der Waals surface area contributed by atoms with Crippen molar-refractivity contribution in [3.63, 3.8) is 0 Å². The number of carbonyl (C=O) groups excluding carboxylic acids is 1. The number of pyridine rings is 2. The van der Waals surface area contributed by atoms with Gasteiger partial charge in [-0.2, -0.15) is 13.2 Å². The summed E-state index contributed by atoms with van der Waals surface area (Å²) in [7, 11) is 0. The third-order valence-corrected chi connectivity index (χ3v) is 6.50. The number of nitrogen functional groups attached to an aromatic ring is 1. The SMILES string of the molecule is C[C@H]1COC[C@@H](c2ccc(C(F)(F)F)nc2)N1C(=O)c1cc2c3c(c(N)nc2cc1Cl)COC3. The van der Waals surface area contributed by atoms with E-state index in [4.69, 9.17) is 26.8 Å². The number of morpholine rings is 1. The summed E-state index contributed by atoms with van der Waals surface area (Å²) in [5.41, 5.74) is 7.95. The number of nitrogens with two attached hydrogens (primary N) is 1. The Hall–Kier alpha value is -2.95. The van der Waals surface area contributed by atoms with Gasteiger partial charge in [0.1, 0.15) is 11.5 Å². The molecule has 2 aliphatic heterocycles. The molecule has 2 N–H and O–H groups in total. The van der Waals surface area contributed by atoms with Gasteiger partial charge in [0.2, 0.25) is 0 Å². The maximum absolute atomic E-state index is 13.8. The van der Waals surface area contributed by atoms with E-state index in [0.29, 0.717) is 30.1 Å². The van der Waals surface area contributed by atoms with Crippen LogP contribution in [0.2, 0.25) is 5.02 Å². The van der Waals surface area contributed by atoms with Gasteiger partial charge < -0.3 is 20.1 Å². The number of anilines is 1. The molecule has 0 spiro atoms. The lowest BCUT2D eigenvalue weighted by Gasteiger charge is -2.41. The van der Waals surface area contributed by atoms with Crippen LogP contribution >= 0.6 is 11.6 Å². The third kappa shape index (κ3) is 3.85. The normalized spacial score (nSPS) is 20.6. The van der Waals surface area contributed by atoms with Crippen molar-refractivity contribution in [2.75, 3.05) is 18.9 Å². The van der Waals surface area contributed by atoms with Crippen LogP contribution in [0.3, 0.4) is 0 Å². The summed E-state index contributed by atoms with van der Waals surface area (Å²) in [6.45, 7) is 2.91. The molecular weight excluding hydrogens is 473 g/mol. The van der Waals surface area contributed by atoms with Gasteiger partial charge in [-0.15, -0.1) is 0 Å². The molecule has 2 aliphatic rings. The second-order valence-electron chi connectivity index (χ2n) is 8.39. The van der Waals surface area contributed by atoms with Crippen LogP contribution in [0, 0.1) is 0 Å². The van der Waals surface area contributed by atoms with E-state index in [-0.39, 0.29) is 35.7 Å². The van der Waals surface area contributed by atoms with Gasteiger partial charge in [0.05, 0.1) is 54.6 Å². The number of benzene rings is 1. The molecule has 178 valence electrons. The molecule has 11 heteroatoms. The number of nitrogens with zero attached hydrogens (tertiary/aromatic N) is 3. The fraction of sp³-hybridized carbons (Fsp3) is 0.348. The summed E-state index contributed by atoms with van der Waals surface area (Å²) in [4.78, 5) is 23.3. The number of alkyl halides is 3. The van der Waals surface area contributed by atoms with E-state index >= 15 is 0 Å². The average molecular weight is 493 g/mol. The van der Waals surface area contributed by atoms with E-state index in [0.717, 1.165) is 28.8 Å². The van der Waals surface area contributed by atoms with Gasteiger partial charge in [0.25, 0.3) is 5.91 Å². The van der Waals surface area contributed by atoms with Crippen LogP contribution in [-0.4, -0.2) is 40.0 Å². The molecule has 1 amide bonds. The quantitative estimate of drug-likeness (QED) is 0.566. The summed E-state index contributed by atoms with van der Waals surface area (Å²) in [6.07, 6.45) is -3.42. The first-order valence-electron chi connectivity index (χ1n) is 10.6. The molecule has 1 aromatic carbocycles. The summed E-state index contributed by atoms with van der Waals surface area (Å²) < 4.78 is 50.0. The minimum atomic E-state index is -4.55. The van der Waals surface area contributed by atoms with Gasteiger partial charge in [-0.3, -0.25) is 9.78 Å². The maximum Gasteiger partial charge on any atom is 0.433 e. The minimum absolute atomic E-state index is 0.121. The van der Waals surface area contributed by atoms with Crippen LogP contribution in [0.25, 0.3) is 10.9 Å². The predicted octanol–water partition coefficient (Wildman–Crippen LogP) is 4.52. The number of aromatic nitrogens is 2. The van der Waals surface area contributed by atoms with Gasteiger partial charge >= 0.3 is 6.18 Å². The number of amides is 1. The van der Waals surface area contributed by atoms with Crippen molar-refractivity contribution in [2.24, 2.45) is 0 Å². The number of ether oxygens (including phenoxy) is 2. The zero-order valence-electron chi connectivity index (χ0n) is 18.0. The van der Waals surface area contributed by atoms with Crippen LogP contribution in [0.5, 0.6) is 0 Å². The van der Waals surface area contributed by atoms with Gasteiger partial charge in [-0.05, 0) is 36.2 Å². The topological polar surface area (TPSA) is 90.6 Å². The van der Waals surface area contributed by atoms with Crippen LogP contribution in [0.4, 0.5) is 19.0 Å². The highest BCUT2D eigenvalue weighted by atomic mass is 35.5. The largest absolute Gasteiger partial charge is 0.433 e. The molecule has 0 aliphatic carbocycles. The Morgan fingerprint density at radius 2 is 1.94 bits per heavy atom. The Balaban J connectivity index is 1.55. The highest BCUT2D eigenvalue weighted by molar-refractivity contribution is 6.34. The number of halogens is 4. The first kappa shape index (κ1) is 22.8. The molecular formula is C23H20ClF3N4O3. The monoisotopic (exact) mass is 492 g/mol. The first-order valence-corrected chi connectivity index (χ1v) is 10.9. The Morgan fingerprint density at radius 1 is 1.18 bits per heavy atom. The number of hydrogen-bond donors (Lipinski definition) is 1. The lowest BCUT2D eigenvalue weighted by atomic mass is 9.99. The van der Waals surface area contributed by atoms with E-state index in [1.54, 1.807) is 17.0 Å². The summed E-state index contributed by atoms with van der Waals surface area (Å²) in [6, 6.07) is 4.53. The van der Waals surface area contributed by atoms with Gasteiger partial charge in [0, 0.05) is 17.1 Å². The van der Waals surface area contributed by atoms with Crippen LogP contribution in [-0.2, 0) is 28.9 Å². The van der Waals surface area contributed by atoms with E-state index in [1.807, 2.05) is 6.92 Å². The van der Waals surface area contributed by atoms with Gasteiger partial charge in [0.15, 0.2) is 0 Å². The van der Waals surface area contributed by atoms with Crippen molar-refractivity contribution >= 4 is 34.2 Å². The van der Waals surface area contributed by atoms with Crippen molar-refractivity contribution in [3.05, 3.63) is 63.4 Å². The zero-order valence-corrected chi connectivity index (χ0v) is 18.8. The maximum atomic E-state index is 13.8. The molecule has 1 fully saturated rings. The zero-order chi connectivity index (χ0) is 24.2. The van der Waals surface area contributed by atoms with E-state index in [1.165, 1.54) is 6.07 Å². The Bertz CT molecular complexity index is 1280. The Labute approximate surface area is 197 Å². The van der Waals surface area contributed by atoms with Crippen molar-refractivity contribution < 1.29 is 27.4 Å². The fourth-order valence-corrected chi connectivity index (χ4v) is 4.72.